The summed E-state index contributed by atoms with van der Waals surface area (Å²) in [5.74, 6) is 1.51. The minimum atomic E-state index is -4.21. The number of anilines is 2. The van der Waals surface area contributed by atoms with Gasteiger partial charge >= 0.3 is 6.18 Å². The maximum atomic E-state index is 12.7. The monoisotopic (exact) mass is 488 g/mol. The zero-order valence-electron chi connectivity index (χ0n) is 19.5. The Bertz CT molecular complexity index is 1200. The Labute approximate surface area is 200 Å². The van der Waals surface area contributed by atoms with Crippen molar-refractivity contribution >= 4 is 11.5 Å². The first-order chi connectivity index (χ1) is 16.5. The molecule has 3 aromatic rings. The summed E-state index contributed by atoms with van der Waals surface area (Å²) in [6.07, 6.45) is 2.91. The van der Waals surface area contributed by atoms with Crippen molar-refractivity contribution in [2.45, 2.75) is 50.4 Å². The summed E-state index contributed by atoms with van der Waals surface area (Å²) >= 11 is 0. The first-order valence-electron chi connectivity index (χ1n) is 11.5. The first kappa shape index (κ1) is 23.6. The number of alkyl halides is 3. The maximum Gasteiger partial charge on any atom is 0.401 e. The molecule has 2 N–H and O–H groups in total. The molecule has 0 aromatic carbocycles. The molecule has 1 saturated carbocycles. The van der Waals surface area contributed by atoms with Gasteiger partial charge in [-0.1, -0.05) is 0 Å². The van der Waals surface area contributed by atoms with Crippen LogP contribution in [0.25, 0.3) is 0 Å². The van der Waals surface area contributed by atoms with Crippen molar-refractivity contribution in [2.24, 2.45) is 0 Å². The maximum absolute atomic E-state index is 12.7. The fraction of sp³-hybridized carbons (Fsp3) is 0.458. The highest BCUT2D eigenvalue weighted by Gasteiger charge is 2.40. The molecule has 2 fully saturated rings. The van der Waals surface area contributed by atoms with Crippen LogP contribution < -0.4 is 10.1 Å². The molecule has 0 bridgehead atoms. The van der Waals surface area contributed by atoms with E-state index in [9.17, 15) is 18.3 Å². The minimum absolute atomic E-state index is 0.108. The Morgan fingerprint density at radius 1 is 1.11 bits per heavy atom. The van der Waals surface area contributed by atoms with E-state index in [1.165, 1.54) is 4.90 Å². The Hall–Kier alpha value is -3.18. The molecule has 5 rings (SSSR count). The fourth-order valence-electron chi connectivity index (χ4n) is 4.06. The van der Waals surface area contributed by atoms with Gasteiger partial charge in [-0.05, 0) is 44.9 Å². The van der Waals surface area contributed by atoms with E-state index in [4.69, 9.17) is 4.74 Å². The van der Waals surface area contributed by atoms with Crippen LogP contribution in [0.4, 0.5) is 24.7 Å². The molecule has 8 nitrogen and oxygen atoms in total. The van der Waals surface area contributed by atoms with Gasteiger partial charge in [0.1, 0.15) is 22.9 Å². The molecular formula is C24H27F3N6O2. The summed E-state index contributed by atoms with van der Waals surface area (Å²) in [5, 5.41) is 18.1. The largest absolute Gasteiger partial charge is 0.454 e. The van der Waals surface area contributed by atoms with Crippen molar-refractivity contribution in [1.29, 1.82) is 0 Å². The number of pyridine rings is 2. The summed E-state index contributed by atoms with van der Waals surface area (Å²) < 4.78 is 46.1. The van der Waals surface area contributed by atoms with Gasteiger partial charge < -0.3 is 15.2 Å². The van der Waals surface area contributed by atoms with Gasteiger partial charge in [-0.25, -0.2) is 4.98 Å². The third-order valence-corrected chi connectivity index (χ3v) is 6.01. The third-order valence-electron chi connectivity index (χ3n) is 6.01. The van der Waals surface area contributed by atoms with Crippen LogP contribution in [-0.4, -0.2) is 55.6 Å². The lowest BCUT2D eigenvalue weighted by atomic mass is 9.96. The van der Waals surface area contributed by atoms with Gasteiger partial charge in [-0.2, -0.15) is 18.3 Å². The number of hydrogen-bond donors (Lipinski definition) is 2. The molecule has 1 saturated heterocycles. The highest BCUT2D eigenvalue weighted by atomic mass is 19.4. The van der Waals surface area contributed by atoms with Gasteiger partial charge in [-0.3, -0.25) is 14.6 Å². The van der Waals surface area contributed by atoms with E-state index in [0.29, 0.717) is 53.5 Å². The second-order valence-electron chi connectivity index (χ2n) is 9.69. The Morgan fingerprint density at radius 3 is 2.54 bits per heavy atom. The van der Waals surface area contributed by atoms with Crippen molar-refractivity contribution in [1.82, 2.24) is 24.6 Å². The highest BCUT2D eigenvalue weighted by molar-refractivity contribution is 5.58. The normalized spacial score (nSPS) is 17.3. The van der Waals surface area contributed by atoms with Crippen molar-refractivity contribution in [3.8, 4) is 11.5 Å². The molecule has 0 unspecified atom stereocenters. The van der Waals surface area contributed by atoms with Gasteiger partial charge in [0, 0.05) is 43.2 Å². The molecule has 2 aliphatic rings. The standard InChI is InChI=1S/C24H27F3N6O2/c1-23(2,34)20-9-16(5-7-28-20)30-21-10-18(6-8-29-21)35-19-13-33(17-3-4-17)31-22(19)15-11-32(12-15)14-24(25,26)27/h5-10,13,15,17,34H,3-4,11-12,14H2,1-2H3,(H,28,29,30). The van der Waals surface area contributed by atoms with Crippen LogP contribution in [0.2, 0.25) is 0 Å². The smallest absolute Gasteiger partial charge is 0.401 e. The molecule has 0 amide bonds. The molecule has 0 radical (unpaired) electrons. The van der Waals surface area contributed by atoms with Crippen molar-refractivity contribution < 1.29 is 23.0 Å². The predicted molar refractivity (Wildman–Crippen MR) is 123 cm³/mol. The number of rotatable bonds is 8. The van der Waals surface area contributed by atoms with Crippen molar-refractivity contribution in [3.63, 3.8) is 0 Å². The van der Waals surface area contributed by atoms with Crippen LogP contribution in [0, 0.1) is 0 Å². The SMILES string of the molecule is CC(C)(O)c1cc(Nc2cc(Oc3cn(C4CC4)nc3C3CN(CC(F)(F)F)C3)ccn2)ccn1. The molecule has 35 heavy (non-hydrogen) atoms. The number of ether oxygens (including phenoxy) is 1. The first-order valence-corrected chi connectivity index (χ1v) is 11.5. The number of hydrogen-bond acceptors (Lipinski definition) is 7. The molecule has 4 heterocycles. The van der Waals surface area contributed by atoms with Crippen LogP contribution >= 0.6 is 0 Å². The van der Waals surface area contributed by atoms with Crippen molar-refractivity contribution in [2.75, 3.05) is 25.0 Å². The average molecular weight is 489 g/mol. The summed E-state index contributed by atoms with van der Waals surface area (Å²) in [4.78, 5) is 9.90. The molecule has 186 valence electrons. The molecule has 0 atom stereocenters. The summed E-state index contributed by atoms with van der Waals surface area (Å²) in [6, 6.07) is 7.29. The number of halogens is 3. The zero-order chi connectivity index (χ0) is 24.8. The molecule has 1 aliphatic carbocycles. The Kier molecular flexibility index (Phi) is 5.92. The zero-order valence-corrected chi connectivity index (χ0v) is 19.5. The van der Waals surface area contributed by atoms with E-state index in [2.05, 4.69) is 20.4 Å². The van der Waals surface area contributed by atoms with Gasteiger partial charge in [-0.15, -0.1) is 0 Å². The van der Waals surface area contributed by atoms with Crippen LogP contribution in [0.1, 0.15) is 50.0 Å². The van der Waals surface area contributed by atoms with Crippen LogP contribution in [0.3, 0.4) is 0 Å². The second kappa shape index (κ2) is 8.80. The molecule has 0 spiro atoms. The number of aliphatic hydroxyl groups is 1. The minimum Gasteiger partial charge on any atom is -0.454 e. The van der Waals surface area contributed by atoms with Crippen LogP contribution in [0.5, 0.6) is 11.5 Å². The van der Waals surface area contributed by atoms with Gasteiger partial charge in [0.2, 0.25) is 0 Å². The second-order valence-corrected chi connectivity index (χ2v) is 9.69. The highest BCUT2D eigenvalue weighted by Crippen LogP contribution is 2.41. The number of likely N-dealkylation sites (tertiary alicyclic amines) is 1. The van der Waals surface area contributed by atoms with Crippen LogP contribution in [-0.2, 0) is 5.60 Å². The predicted octanol–water partition coefficient (Wildman–Crippen LogP) is 4.73. The lowest BCUT2D eigenvalue weighted by Gasteiger charge is -2.38. The number of aromatic nitrogens is 4. The summed E-state index contributed by atoms with van der Waals surface area (Å²) in [5.41, 5.74) is 0.840. The van der Waals surface area contributed by atoms with Gasteiger partial charge in [0.15, 0.2) is 5.75 Å². The van der Waals surface area contributed by atoms with Gasteiger partial charge in [0.25, 0.3) is 0 Å². The molecule has 3 aromatic heterocycles. The van der Waals surface area contributed by atoms with E-state index < -0.39 is 18.3 Å². The summed E-state index contributed by atoms with van der Waals surface area (Å²) in [7, 11) is 0. The van der Waals surface area contributed by atoms with E-state index in [-0.39, 0.29) is 5.92 Å². The van der Waals surface area contributed by atoms with Crippen molar-refractivity contribution in [3.05, 3.63) is 54.2 Å². The third kappa shape index (κ3) is 5.73. The van der Waals surface area contributed by atoms with E-state index in [1.807, 2.05) is 10.9 Å². The quantitative estimate of drug-likeness (QED) is 0.474. The molecular weight excluding hydrogens is 461 g/mol. The van der Waals surface area contributed by atoms with E-state index in [1.54, 1.807) is 50.5 Å². The Balaban J connectivity index is 1.31. The topological polar surface area (TPSA) is 88.3 Å². The molecule has 11 heteroatoms. The Morgan fingerprint density at radius 2 is 1.86 bits per heavy atom. The van der Waals surface area contributed by atoms with E-state index in [0.717, 1.165) is 12.8 Å². The van der Waals surface area contributed by atoms with Crippen LogP contribution in [0.15, 0.2) is 42.9 Å². The molecule has 1 aliphatic heterocycles. The number of nitrogens with one attached hydrogen (secondary N) is 1. The lowest BCUT2D eigenvalue weighted by molar-refractivity contribution is -0.155. The van der Waals surface area contributed by atoms with Gasteiger partial charge in [0.05, 0.1) is 24.5 Å². The summed E-state index contributed by atoms with van der Waals surface area (Å²) in [6.45, 7) is 3.01. The number of nitrogens with zero attached hydrogens (tertiary/aromatic N) is 5. The fourth-order valence-corrected chi connectivity index (χ4v) is 4.06. The van der Waals surface area contributed by atoms with E-state index >= 15 is 0 Å². The lowest BCUT2D eigenvalue weighted by Crippen LogP contribution is -2.49. The average Bonchev–Trinajstić information content (AvgIpc) is 3.51.